The van der Waals surface area contributed by atoms with Crippen LogP contribution in [-0.4, -0.2) is 11.2 Å². The summed E-state index contributed by atoms with van der Waals surface area (Å²) < 4.78 is 0.897. The highest BCUT2D eigenvalue weighted by atomic mass is 79.9. The molecule has 0 spiro atoms. The van der Waals surface area contributed by atoms with Crippen molar-refractivity contribution in [1.82, 2.24) is 0 Å². The number of hydrogen-bond acceptors (Lipinski definition) is 2. The molecule has 0 aliphatic carbocycles. The fraction of sp³-hybridized carbons (Fsp3) is 0.188. The molecule has 0 heterocycles. The van der Waals surface area contributed by atoms with E-state index in [4.69, 9.17) is 0 Å². The molecule has 0 unspecified atom stereocenters. The highest BCUT2D eigenvalue weighted by molar-refractivity contribution is 9.10. The summed E-state index contributed by atoms with van der Waals surface area (Å²) in [5.41, 5.74) is 2.04. The molecule has 0 aliphatic rings. The van der Waals surface area contributed by atoms with E-state index in [0.29, 0.717) is 0 Å². The molecule has 2 nitrogen and oxygen atoms in total. The van der Waals surface area contributed by atoms with Gasteiger partial charge in [0.25, 0.3) is 0 Å². The van der Waals surface area contributed by atoms with E-state index in [9.17, 15) is 4.79 Å². The normalized spacial score (nSPS) is 11.9. The van der Waals surface area contributed by atoms with Crippen molar-refractivity contribution in [2.45, 2.75) is 17.9 Å². The number of rotatable bonds is 5. The lowest BCUT2D eigenvalue weighted by Gasteiger charge is -2.13. The van der Waals surface area contributed by atoms with Crippen LogP contribution >= 0.6 is 27.7 Å². The van der Waals surface area contributed by atoms with Crippen molar-refractivity contribution in [3.63, 3.8) is 0 Å². The number of para-hydroxylation sites is 1. The van der Waals surface area contributed by atoms with Crippen LogP contribution in [0, 0.1) is 0 Å². The maximum atomic E-state index is 12.1. The van der Waals surface area contributed by atoms with Crippen molar-refractivity contribution in [1.29, 1.82) is 0 Å². The maximum absolute atomic E-state index is 12.1. The first-order valence-corrected chi connectivity index (χ1v) is 8.22. The van der Waals surface area contributed by atoms with Crippen LogP contribution in [0.5, 0.6) is 0 Å². The van der Waals surface area contributed by atoms with Gasteiger partial charge in [0.1, 0.15) is 0 Å². The Labute approximate surface area is 132 Å². The van der Waals surface area contributed by atoms with Gasteiger partial charge in [0.2, 0.25) is 5.91 Å². The Hall–Kier alpha value is -1.26. The molecule has 20 heavy (non-hydrogen) atoms. The van der Waals surface area contributed by atoms with E-state index in [1.165, 1.54) is 5.56 Å². The third kappa shape index (κ3) is 4.39. The molecule has 0 radical (unpaired) electrons. The van der Waals surface area contributed by atoms with Gasteiger partial charge in [-0.1, -0.05) is 42.5 Å². The molecule has 2 aromatic rings. The third-order valence-electron chi connectivity index (χ3n) is 2.84. The summed E-state index contributed by atoms with van der Waals surface area (Å²) in [6, 6.07) is 17.8. The van der Waals surface area contributed by atoms with E-state index in [0.717, 1.165) is 15.9 Å². The summed E-state index contributed by atoms with van der Waals surface area (Å²) in [6.45, 7) is 1.93. The van der Waals surface area contributed by atoms with Crippen molar-refractivity contribution in [2.75, 3.05) is 5.32 Å². The Balaban J connectivity index is 1.88. The molecule has 0 saturated carbocycles. The van der Waals surface area contributed by atoms with Crippen LogP contribution in [0.1, 0.15) is 12.5 Å². The quantitative estimate of drug-likeness (QED) is 0.846. The molecule has 1 amide bonds. The zero-order valence-electron chi connectivity index (χ0n) is 11.2. The molecule has 0 aliphatic heterocycles. The van der Waals surface area contributed by atoms with Crippen LogP contribution in [0.2, 0.25) is 0 Å². The zero-order valence-corrected chi connectivity index (χ0v) is 13.6. The van der Waals surface area contributed by atoms with Crippen LogP contribution in [0.15, 0.2) is 59.1 Å². The van der Waals surface area contributed by atoms with Crippen molar-refractivity contribution in [3.8, 4) is 0 Å². The lowest BCUT2D eigenvalue weighted by atomic mass is 10.2. The Morgan fingerprint density at radius 1 is 1.15 bits per heavy atom. The number of halogens is 1. The summed E-state index contributed by atoms with van der Waals surface area (Å²) in [6.07, 6.45) is 0. The van der Waals surface area contributed by atoms with E-state index in [1.807, 2.05) is 49.4 Å². The molecule has 0 bridgehead atoms. The second kappa shape index (κ2) is 7.50. The van der Waals surface area contributed by atoms with Crippen LogP contribution < -0.4 is 5.32 Å². The molecule has 2 rings (SSSR count). The Morgan fingerprint density at radius 2 is 1.80 bits per heavy atom. The van der Waals surface area contributed by atoms with Gasteiger partial charge in [-0.25, -0.2) is 0 Å². The van der Waals surface area contributed by atoms with E-state index in [2.05, 4.69) is 33.4 Å². The van der Waals surface area contributed by atoms with E-state index < -0.39 is 0 Å². The van der Waals surface area contributed by atoms with Gasteiger partial charge in [0, 0.05) is 10.2 Å². The molecule has 0 aromatic heterocycles. The van der Waals surface area contributed by atoms with Crippen molar-refractivity contribution in [2.24, 2.45) is 0 Å². The van der Waals surface area contributed by atoms with Crippen molar-refractivity contribution in [3.05, 3.63) is 64.6 Å². The molecule has 2 aromatic carbocycles. The van der Waals surface area contributed by atoms with Gasteiger partial charge in [-0.05, 0) is 40.5 Å². The number of carbonyl (C=O) groups excluding carboxylic acids is 1. The van der Waals surface area contributed by atoms with Crippen molar-refractivity contribution >= 4 is 39.3 Å². The molecule has 0 fully saturated rings. The van der Waals surface area contributed by atoms with Crippen molar-refractivity contribution < 1.29 is 4.79 Å². The summed E-state index contributed by atoms with van der Waals surface area (Å²) in [4.78, 5) is 12.1. The SMILES string of the molecule is C[C@H](SCc1ccccc1)C(=O)Nc1ccccc1Br. The van der Waals surface area contributed by atoms with Crippen LogP contribution in [-0.2, 0) is 10.5 Å². The van der Waals surface area contributed by atoms with E-state index in [1.54, 1.807) is 11.8 Å². The minimum atomic E-state index is -0.0951. The summed E-state index contributed by atoms with van der Waals surface area (Å²) >= 11 is 5.06. The zero-order chi connectivity index (χ0) is 14.4. The summed E-state index contributed by atoms with van der Waals surface area (Å²) in [5, 5.41) is 2.84. The lowest BCUT2D eigenvalue weighted by Crippen LogP contribution is -2.22. The van der Waals surface area contributed by atoms with Gasteiger partial charge < -0.3 is 5.32 Å². The number of hydrogen-bond donors (Lipinski definition) is 1. The van der Waals surface area contributed by atoms with E-state index >= 15 is 0 Å². The number of amides is 1. The minimum Gasteiger partial charge on any atom is -0.324 e. The second-order valence-corrected chi connectivity index (χ2v) is 6.59. The van der Waals surface area contributed by atoms with Crippen LogP contribution in [0.3, 0.4) is 0 Å². The Morgan fingerprint density at radius 3 is 2.50 bits per heavy atom. The average molecular weight is 350 g/mol. The monoisotopic (exact) mass is 349 g/mol. The maximum Gasteiger partial charge on any atom is 0.237 e. The standard InChI is InChI=1S/C16H16BrNOS/c1-12(20-11-13-7-3-2-4-8-13)16(19)18-15-10-6-5-9-14(15)17/h2-10,12H,11H2,1H3,(H,18,19)/t12-/m0/s1. The highest BCUT2D eigenvalue weighted by Crippen LogP contribution is 2.23. The lowest BCUT2D eigenvalue weighted by molar-refractivity contribution is -0.115. The van der Waals surface area contributed by atoms with Gasteiger partial charge >= 0.3 is 0 Å². The smallest absolute Gasteiger partial charge is 0.237 e. The number of benzene rings is 2. The minimum absolute atomic E-state index is 0.0258. The number of nitrogens with one attached hydrogen (secondary N) is 1. The molecule has 4 heteroatoms. The van der Waals surface area contributed by atoms with Gasteiger partial charge in [-0.15, -0.1) is 11.8 Å². The van der Waals surface area contributed by atoms with Gasteiger partial charge in [0.05, 0.1) is 10.9 Å². The van der Waals surface area contributed by atoms with Gasteiger partial charge in [0.15, 0.2) is 0 Å². The van der Waals surface area contributed by atoms with Gasteiger partial charge in [-0.2, -0.15) is 0 Å². The average Bonchev–Trinajstić information content (AvgIpc) is 2.48. The van der Waals surface area contributed by atoms with Crippen LogP contribution in [0.4, 0.5) is 5.69 Å². The number of carbonyl (C=O) groups is 1. The van der Waals surface area contributed by atoms with E-state index in [-0.39, 0.29) is 11.2 Å². The number of anilines is 1. The Kier molecular flexibility index (Phi) is 5.68. The first-order chi connectivity index (χ1) is 9.66. The second-order valence-electron chi connectivity index (χ2n) is 4.41. The first kappa shape index (κ1) is 15.1. The van der Waals surface area contributed by atoms with Crippen LogP contribution in [0.25, 0.3) is 0 Å². The molecule has 1 atom stereocenters. The predicted octanol–water partition coefficient (Wildman–Crippen LogP) is 4.71. The largest absolute Gasteiger partial charge is 0.324 e. The summed E-state index contributed by atoms with van der Waals surface area (Å²) in [7, 11) is 0. The third-order valence-corrected chi connectivity index (χ3v) is 4.75. The summed E-state index contributed by atoms with van der Waals surface area (Å²) in [5.74, 6) is 0.864. The Bertz CT molecular complexity index is 574. The molecular weight excluding hydrogens is 334 g/mol. The topological polar surface area (TPSA) is 29.1 Å². The fourth-order valence-corrected chi connectivity index (χ4v) is 2.90. The predicted molar refractivity (Wildman–Crippen MR) is 90.0 cm³/mol. The number of thioether (sulfide) groups is 1. The van der Waals surface area contributed by atoms with Gasteiger partial charge in [-0.3, -0.25) is 4.79 Å². The first-order valence-electron chi connectivity index (χ1n) is 6.38. The fourth-order valence-electron chi connectivity index (χ4n) is 1.67. The highest BCUT2D eigenvalue weighted by Gasteiger charge is 2.14. The molecule has 0 saturated heterocycles. The molecule has 1 N–H and O–H groups in total. The molecular formula is C16H16BrNOS. The molecule has 104 valence electrons.